The summed E-state index contributed by atoms with van der Waals surface area (Å²) in [7, 11) is 0. The average Bonchev–Trinajstić information content (AvgIpc) is 2.58. The number of nitrogens with two attached hydrogens (primary N) is 1. The number of hydrogen-bond acceptors (Lipinski definition) is 3. The second kappa shape index (κ2) is 4.39. The zero-order chi connectivity index (χ0) is 10.8. The Kier molecular flexibility index (Phi) is 3.14. The lowest BCUT2D eigenvalue weighted by Gasteiger charge is -2.03. The number of halogens is 2. The minimum absolute atomic E-state index is 0.540. The Morgan fingerprint density at radius 1 is 1.27 bits per heavy atom. The Hall–Kier alpha value is -0.770. The molecular weight excluding hydrogens is 251 g/mol. The van der Waals surface area contributed by atoms with Crippen molar-refractivity contribution >= 4 is 40.4 Å². The summed E-state index contributed by atoms with van der Waals surface area (Å²) in [5.74, 6) is 0.540. The highest BCUT2D eigenvalue weighted by Gasteiger charge is 2.08. The molecule has 2 rings (SSSR count). The van der Waals surface area contributed by atoms with Crippen LogP contribution in [-0.2, 0) is 6.42 Å². The summed E-state index contributed by atoms with van der Waals surface area (Å²) in [4.78, 5) is 4.17. The summed E-state index contributed by atoms with van der Waals surface area (Å²) in [6.07, 6.45) is 0.625. The van der Waals surface area contributed by atoms with Gasteiger partial charge >= 0.3 is 0 Å². The first-order valence-corrected chi connectivity index (χ1v) is 5.93. The summed E-state index contributed by atoms with van der Waals surface area (Å²) < 4.78 is 0. The third-order valence-corrected chi connectivity index (χ3v) is 3.53. The van der Waals surface area contributed by atoms with Crippen LogP contribution in [0.3, 0.4) is 0 Å². The lowest BCUT2D eigenvalue weighted by molar-refractivity contribution is 1.14. The Morgan fingerprint density at radius 2 is 1.93 bits per heavy atom. The molecule has 1 aromatic carbocycles. The van der Waals surface area contributed by atoms with E-state index in [0.29, 0.717) is 22.3 Å². The molecule has 15 heavy (non-hydrogen) atoms. The SMILES string of the molecule is Nc1csc(Cc2c(Cl)cccc2Cl)n1. The summed E-state index contributed by atoms with van der Waals surface area (Å²) in [6.45, 7) is 0. The molecule has 0 radical (unpaired) electrons. The number of nitrogens with zero attached hydrogens (tertiary/aromatic N) is 1. The minimum atomic E-state index is 0.540. The van der Waals surface area contributed by atoms with Gasteiger partial charge in [-0.3, -0.25) is 0 Å². The Balaban J connectivity index is 2.31. The fraction of sp³-hybridized carbons (Fsp3) is 0.100. The van der Waals surface area contributed by atoms with Gasteiger partial charge in [0, 0.05) is 21.8 Å². The monoisotopic (exact) mass is 258 g/mol. The zero-order valence-electron chi connectivity index (χ0n) is 7.71. The van der Waals surface area contributed by atoms with Gasteiger partial charge in [-0.2, -0.15) is 0 Å². The van der Waals surface area contributed by atoms with Crippen LogP contribution >= 0.6 is 34.5 Å². The smallest absolute Gasteiger partial charge is 0.134 e. The molecule has 0 spiro atoms. The van der Waals surface area contributed by atoms with E-state index < -0.39 is 0 Å². The number of benzene rings is 1. The van der Waals surface area contributed by atoms with Crippen LogP contribution in [0.4, 0.5) is 5.82 Å². The molecule has 0 aliphatic carbocycles. The number of anilines is 1. The van der Waals surface area contributed by atoms with Crippen LogP contribution in [0.5, 0.6) is 0 Å². The molecule has 0 fully saturated rings. The summed E-state index contributed by atoms with van der Waals surface area (Å²) >= 11 is 13.6. The van der Waals surface area contributed by atoms with Crippen molar-refractivity contribution in [2.45, 2.75) is 6.42 Å². The molecule has 0 amide bonds. The Morgan fingerprint density at radius 3 is 2.47 bits per heavy atom. The van der Waals surface area contributed by atoms with E-state index in [1.54, 1.807) is 5.38 Å². The van der Waals surface area contributed by atoms with Crippen LogP contribution in [0, 0.1) is 0 Å². The van der Waals surface area contributed by atoms with Crippen molar-refractivity contribution in [2.24, 2.45) is 0 Å². The van der Waals surface area contributed by atoms with Gasteiger partial charge in [-0.25, -0.2) is 4.98 Å². The largest absolute Gasteiger partial charge is 0.383 e. The lowest BCUT2D eigenvalue weighted by atomic mass is 10.1. The standard InChI is InChI=1S/C10H8Cl2N2S/c11-7-2-1-3-8(12)6(7)4-10-14-9(13)5-15-10/h1-3,5H,4,13H2. The maximum absolute atomic E-state index is 6.05. The lowest BCUT2D eigenvalue weighted by Crippen LogP contribution is -1.91. The molecule has 2 aromatic rings. The molecule has 0 saturated heterocycles. The second-order valence-electron chi connectivity index (χ2n) is 3.04. The van der Waals surface area contributed by atoms with E-state index in [1.165, 1.54) is 11.3 Å². The molecule has 78 valence electrons. The fourth-order valence-electron chi connectivity index (χ4n) is 1.26. The van der Waals surface area contributed by atoms with Crippen LogP contribution in [-0.4, -0.2) is 4.98 Å². The van der Waals surface area contributed by atoms with E-state index in [9.17, 15) is 0 Å². The van der Waals surface area contributed by atoms with Gasteiger partial charge in [0.25, 0.3) is 0 Å². The summed E-state index contributed by atoms with van der Waals surface area (Å²) in [5, 5.41) is 4.05. The number of nitrogen functional groups attached to an aromatic ring is 1. The molecule has 1 aromatic heterocycles. The first-order valence-electron chi connectivity index (χ1n) is 4.29. The van der Waals surface area contributed by atoms with Crippen molar-refractivity contribution in [2.75, 3.05) is 5.73 Å². The fourth-order valence-corrected chi connectivity index (χ4v) is 2.49. The third kappa shape index (κ3) is 2.43. The van der Waals surface area contributed by atoms with Crippen molar-refractivity contribution < 1.29 is 0 Å². The third-order valence-electron chi connectivity index (χ3n) is 1.96. The molecule has 2 N–H and O–H groups in total. The van der Waals surface area contributed by atoms with Gasteiger partial charge in [-0.1, -0.05) is 29.3 Å². The van der Waals surface area contributed by atoms with Crippen molar-refractivity contribution in [1.29, 1.82) is 0 Å². The highest BCUT2D eigenvalue weighted by molar-refractivity contribution is 7.10. The highest BCUT2D eigenvalue weighted by atomic mass is 35.5. The molecule has 5 heteroatoms. The van der Waals surface area contributed by atoms with Gasteiger partial charge in [0.1, 0.15) is 5.82 Å². The van der Waals surface area contributed by atoms with E-state index in [4.69, 9.17) is 28.9 Å². The summed E-state index contributed by atoms with van der Waals surface area (Å²) in [6, 6.07) is 5.46. The van der Waals surface area contributed by atoms with E-state index in [-0.39, 0.29) is 0 Å². The van der Waals surface area contributed by atoms with Crippen LogP contribution in [0.15, 0.2) is 23.6 Å². The van der Waals surface area contributed by atoms with Crippen LogP contribution < -0.4 is 5.73 Å². The Labute approximate surface area is 102 Å². The minimum Gasteiger partial charge on any atom is -0.383 e. The molecule has 0 unspecified atom stereocenters. The molecule has 0 atom stereocenters. The van der Waals surface area contributed by atoms with Crippen LogP contribution in [0.1, 0.15) is 10.6 Å². The molecule has 0 aliphatic heterocycles. The van der Waals surface area contributed by atoms with Crippen LogP contribution in [0.2, 0.25) is 10.0 Å². The quantitative estimate of drug-likeness (QED) is 0.894. The maximum Gasteiger partial charge on any atom is 0.134 e. The van der Waals surface area contributed by atoms with E-state index in [1.807, 2.05) is 18.2 Å². The van der Waals surface area contributed by atoms with Gasteiger partial charge in [0.05, 0.1) is 5.01 Å². The van der Waals surface area contributed by atoms with Gasteiger partial charge < -0.3 is 5.73 Å². The molecule has 0 saturated carbocycles. The van der Waals surface area contributed by atoms with Crippen molar-refractivity contribution in [3.8, 4) is 0 Å². The highest BCUT2D eigenvalue weighted by Crippen LogP contribution is 2.27. The van der Waals surface area contributed by atoms with E-state index >= 15 is 0 Å². The normalized spacial score (nSPS) is 10.5. The van der Waals surface area contributed by atoms with Crippen LogP contribution in [0.25, 0.3) is 0 Å². The number of thiazole rings is 1. The molecule has 0 bridgehead atoms. The number of hydrogen-bond donors (Lipinski definition) is 1. The maximum atomic E-state index is 6.05. The van der Waals surface area contributed by atoms with Crippen molar-refractivity contribution in [3.63, 3.8) is 0 Å². The van der Waals surface area contributed by atoms with Gasteiger partial charge in [0.15, 0.2) is 0 Å². The predicted molar refractivity (Wildman–Crippen MR) is 65.8 cm³/mol. The van der Waals surface area contributed by atoms with Gasteiger partial charge in [-0.05, 0) is 17.7 Å². The molecule has 0 aliphatic rings. The van der Waals surface area contributed by atoms with Gasteiger partial charge in [-0.15, -0.1) is 11.3 Å². The van der Waals surface area contributed by atoms with Crippen molar-refractivity contribution in [1.82, 2.24) is 4.98 Å². The van der Waals surface area contributed by atoms with E-state index in [0.717, 1.165) is 10.6 Å². The van der Waals surface area contributed by atoms with Crippen molar-refractivity contribution in [3.05, 3.63) is 44.2 Å². The second-order valence-corrected chi connectivity index (χ2v) is 4.80. The molecule has 2 nitrogen and oxygen atoms in total. The average molecular weight is 259 g/mol. The molecular formula is C10H8Cl2N2S. The zero-order valence-corrected chi connectivity index (χ0v) is 10.0. The number of rotatable bonds is 2. The predicted octanol–water partition coefficient (Wildman–Crippen LogP) is 3.62. The summed E-state index contributed by atoms with van der Waals surface area (Å²) in [5.41, 5.74) is 6.44. The number of aromatic nitrogens is 1. The first-order chi connectivity index (χ1) is 7.16. The first kappa shape index (κ1) is 10.7. The van der Waals surface area contributed by atoms with E-state index in [2.05, 4.69) is 4.98 Å². The topological polar surface area (TPSA) is 38.9 Å². The Bertz CT molecular complexity index is 462. The van der Waals surface area contributed by atoms with Gasteiger partial charge in [0.2, 0.25) is 0 Å². The molecule has 1 heterocycles.